The first-order valence-electron chi connectivity index (χ1n) is 10.0. The molecule has 0 saturated heterocycles. The van der Waals surface area contributed by atoms with Crippen LogP contribution in [-0.4, -0.2) is 21.7 Å². The zero-order valence-electron chi connectivity index (χ0n) is 17.5. The summed E-state index contributed by atoms with van der Waals surface area (Å²) in [5.41, 5.74) is 1.19. The number of rotatable bonds is 6. The molecule has 0 unspecified atom stereocenters. The van der Waals surface area contributed by atoms with E-state index in [-0.39, 0.29) is 22.8 Å². The molecule has 0 saturated carbocycles. The fourth-order valence-electron chi connectivity index (χ4n) is 3.13. The van der Waals surface area contributed by atoms with Crippen molar-refractivity contribution in [3.63, 3.8) is 0 Å². The van der Waals surface area contributed by atoms with Crippen molar-refractivity contribution in [2.75, 3.05) is 10.6 Å². The molecule has 34 heavy (non-hydrogen) atoms. The summed E-state index contributed by atoms with van der Waals surface area (Å²) in [4.78, 5) is 43.9. The molecule has 0 spiro atoms. The predicted molar refractivity (Wildman–Crippen MR) is 129 cm³/mol. The number of nitrogens with one attached hydrogen (secondary N) is 3. The van der Waals surface area contributed by atoms with Crippen molar-refractivity contribution in [2.24, 2.45) is 0 Å². The smallest absolute Gasteiger partial charge is 0.296 e. The van der Waals surface area contributed by atoms with Crippen LogP contribution in [0.25, 0.3) is 11.3 Å². The van der Waals surface area contributed by atoms with Gasteiger partial charge in [0.15, 0.2) is 0 Å². The average molecular weight is 470 g/mol. The molecule has 166 valence electrons. The van der Waals surface area contributed by atoms with Gasteiger partial charge in [-0.1, -0.05) is 54.1 Å². The Kier molecular flexibility index (Phi) is 6.48. The highest BCUT2D eigenvalue weighted by atomic mass is 35.5. The lowest BCUT2D eigenvalue weighted by Gasteiger charge is -2.10. The number of benzene rings is 3. The molecule has 3 N–H and O–H groups in total. The van der Waals surface area contributed by atoms with E-state index in [4.69, 9.17) is 11.6 Å². The first-order chi connectivity index (χ1) is 16.4. The van der Waals surface area contributed by atoms with Gasteiger partial charge in [-0.05, 0) is 36.4 Å². The lowest BCUT2D eigenvalue weighted by atomic mass is 10.1. The topological polar surface area (TPSA) is 128 Å². The van der Waals surface area contributed by atoms with Gasteiger partial charge >= 0.3 is 0 Å². The van der Waals surface area contributed by atoms with Crippen LogP contribution in [-0.2, 0) is 4.79 Å². The SMILES string of the molecule is N#Cc1c(-c2ccc(NC(=O)C(=O)c3ccccc3)cc2)nc(Nc2ccc(Cl)cc2)[nH]c1=O. The summed E-state index contributed by atoms with van der Waals surface area (Å²) in [5.74, 6) is -1.29. The molecule has 0 aliphatic heterocycles. The van der Waals surface area contributed by atoms with Gasteiger partial charge in [0.05, 0.1) is 5.69 Å². The fraction of sp³-hybridized carbons (Fsp3) is 0. The average Bonchev–Trinajstić information content (AvgIpc) is 2.85. The van der Waals surface area contributed by atoms with E-state index < -0.39 is 17.2 Å². The highest BCUT2D eigenvalue weighted by Crippen LogP contribution is 2.24. The number of carbonyl (C=O) groups excluding carboxylic acids is 2. The van der Waals surface area contributed by atoms with Crippen molar-refractivity contribution in [3.05, 3.63) is 105 Å². The minimum absolute atomic E-state index is 0.146. The molecule has 4 rings (SSSR count). The second-order valence-corrected chi connectivity index (χ2v) is 7.54. The molecule has 0 atom stereocenters. The van der Waals surface area contributed by atoms with E-state index in [9.17, 15) is 19.6 Å². The van der Waals surface area contributed by atoms with Crippen LogP contribution in [0.1, 0.15) is 15.9 Å². The molecule has 0 bridgehead atoms. The highest BCUT2D eigenvalue weighted by Gasteiger charge is 2.17. The molecule has 8 nitrogen and oxygen atoms in total. The number of aromatic nitrogens is 2. The highest BCUT2D eigenvalue weighted by molar-refractivity contribution is 6.46. The third-order valence-electron chi connectivity index (χ3n) is 4.80. The van der Waals surface area contributed by atoms with Crippen molar-refractivity contribution < 1.29 is 9.59 Å². The number of Topliss-reactive ketones (excluding diaryl/α,β-unsaturated/α-hetero) is 1. The first-order valence-corrected chi connectivity index (χ1v) is 10.4. The van der Waals surface area contributed by atoms with E-state index in [2.05, 4.69) is 20.6 Å². The summed E-state index contributed by atoms with van der Waals surface area (Å²) < 4.78 is 0. The van der Waals surface area contributed by atoms with E-state index in [1.54, 1.807) is 78.9 Å². The Morgan fingerprint density at radius 3 is 2.21 bits per heavy atom. The van der Waals surface area contributed by atoms with Crippen LogP contribution < -0.4 is 16.2 Å². The number of anilines is 3. The molecule has 0 aliphatic carbocycles. The first kappa shape index (κ1) is 22.5. The molecular weight excluding hydrogens is 454 g/mol. The Labute approximate surface area is 198 Å². The fourth-order valence-corrected chi connectivity index (χ4v) is 3.26. The van der Waals surface area contributed by atoms with Gasteiger partial charge in [0.1, 0.15) is 11.6 Å². The number of carbonyl (C=O) groups is 2. The summed E-state index contributed by atoms with van der Waals surface area (Å²) in [6.45, 7) is 0. The minimum atomic E-state index is -0.777. The number of nitrogens with zero attached hydrogens (tertiary/aromatic N) is 2. The van der Waals surface area contributed by atoms with Crippen molar-refractivity contribution in [3.8, 4) is 17.3 Å². The predicted octanol–water partition coefficient (Wildman–Crippen LogP) is 4.53. The van der Waals surface area contributed by atoms with E-state index in [0.29, 0.717) is 22.0 Å². The Bertz CT molecular complexity index is 1460. The zero-order valence-corrected chi connectivity index (χ0v) is 18.3. The van der Waals surface area contributed by atoms with Gasteiger partial charge in [-0.15, -0.1) is 0 Å². The summed E-state index contributed by atoms with van der Waals surface area (Å²) in [6, 6.07) is 23.2. The summed E-state index contributed by atoms with van der Waals surface area (Å²) in [5, 5.41) is 15.5. The van der Waals surface area contributed by atoms with Crippen LogP contribution >= 0.6 is 11.6 Å². The Hall–Kier alpha value is -4.74. The third-order valence-corrected chi connectivity index (χ3v) is 5.05. The van der Waals surface area contributed by atoms with E-state index in [1.165, 1.54) is 0 Å². The van der Waals surface area contributed by atoms with E-state index >= 15 is 0 Å². The lowest BCUT2D eigenvalue weighted by Crippen LogP contribution is -2.22. The van der Waals surface area contributed by atoms with Crippen LogP contribution in [0, 0.1) is 11.3 Å². The number of aromatic amines is 1. The maximum Gasteiger partial charge on any atom is 0.296 e. The number of ketones is 1. The maximum atomic E-state index is 12.5. The van der Waals surface area contributed by atoms with Gasteiger partial charge in [-0.25, -0.2) is 4.98 Å². The molecule has 9 heteroatoms. The molecular formula is C25H16ClN5O3. The Balaban J connectivity index is 1.57. The largest absolute Gasteiger partial charge is 0.326 e. The number of hydrogen-bond acceptors (Lipinski definition) is 6. The maximum absolute atomic E-state index is 12.5. The number of nitriles is 1. The summed E-state index contributed by atoms with van der Waals surface area (Å²) in [7, 11) is 0. The number of amides is 1. The van der Waals surface area contributed by atoms with Gasteiger partial charge in [0.2, 0.25) is 5.95 Å². The molecule has 1 amide bonds. The van der Waals surface area contributed by atoms with Crippen LogP contribution in [0.3, 0.4) is 0 Å². The monoisotopic (exact) mass is 469 g/mol. The second kappa shape index (κ2) is 9.81. The Morgan fingerprint density at radius 2 is 1.56 bits per heavy atom. The van der Waals surface area contributed by atoms with Crippen molar-refractivity contribution >= 4 is 40.6 Å². The van der Waals surface area contributed by atoms with Gasteiger partial charge in [0, 0.05) is 27.5 Å². The molecule has 1 aromatic heterocycles. The zero-order chi connectivity index (χ0) is 24.1. The van der Waals surface area contributed by atoms with Crippen LogP contribution in [0.4, 0.5) is 17.3 Å². The van der Waals surface area contributed by atoms with Crippen molar-refractivity contribution in [2.45, 2.75) is 0 Å². The van der Waals surface area contributed by atoms with Crippen LogP contribution in [0.2, 0.25) is 5.02 Å². The number of halogens is 1. The van der Waals surface area contributed by atoms with Gasteiger partial charge < -0.3 is 10.6 Å². The number of hydrogen-bond donors (Lipinski definition) is 3. The molecule has 0 radical (unpaired) electrons. The van der Waals surface area contributed by atoms with Crippen molar-refractivity contribution in [1.82, 2.24) is 9.97 Å². The van der Waals surface area contributed by atoms with Crippen LogP contribution in [0.15, 0.2) is 83.7 Å². The second-order valence-electron chi connectivity index (χ2n) is 7.11. The quantitative estimate of drug-likeness (QED) is 0.281. The molecule has 3 aromatic carbocycles. The van der Waals surface area contributed by atoms with Gasteiger partial charge in [-0.2, -0.15) is 5.26 Å². The minimum Gasteiger partial charge on any atom is -0.326 e. The summed E-state index contributed by atoms with van der Waals surface area (Å²) in [6.07, 6.45) is 0. The molecule has 0 aliphatic rings. The molecule has 0 fully saturated rings. The third kappa shape index (κ3) is 5.01. The molecule has 1 heterocycles. The Morgan fingerprint density at radius 1 is 0.912 bits per heavy atom. The molecule has 4 aromatic rings. The van der Waals surface area contributed by atoms with E-state index in [1.807, 2.05) is 6.07 Å². The van der Waals surface area contributed by atoms with Gasteiger partial charge in [-0.3, -0.25) is 19.4 Å². The summed E-state index contributed by atoms with van der Waals surface area (Å²) >= 11 is 5.90. The lowest BCUT2D eigenvalue weighted by molar-refractivity contribution is -0.112. The normalized spacial score (nSPS) is 10.2. The van der Waals surface area contributed by atoms with E-state index in [0.717, 1.165) is 0 Å². The van der Waals surface area contributed by atoms with Gasteiger partial charge in [0.25, 0.3) is 17.2 Å². The number of H-pyrrole nitrogens is 1. The standard InChI is InChI=1S/C25H16ClN5O3/c26-17-8-12-19(13-9-17)29-25-30-21(20(14-27)23(33)31-25)15-6-10-18(11-7-15)28-24(34)22(32)16-4-2-1-3-5-16/h1-13H,(H,28,34)(H2,29,30,31,33). The van der Waals surface area contributed by atoms with Crippen LogP contribution in [0.5, 0.6) is 0 Å². The van der Waals surface area contributed by atoms with Crippen molar-refractivity contribution in [1.29, 1.82) is 5.26 Å².